The fraction of sp³-hybridized carbons (Fsp3) is 0.263. The largest absolute Gasteiger partial charge is 0.481 e. The number of ether oxygens (including phenoxy) is 1. The van der Waals surface area contributed by atoms with Crippen molar-refractivity contribution < 1.29 is 19.4 Å². The number of aliphatic carboxylic acids is 1. The molecule has 0 radical (unpaired) electrons. The number of carbonyl (C=O) groups excluding carboxylic acids is 1. The number of nitrogens with two attached hydrogens (primary N) is 2. The van der Waals surface area contributed by atoms with Crippen molar-refractivity contribution in [3.05, 3.63) is 59.7 Å². The van der Waals surface area contributed by atoms with Crippen molar-refractivity contribution in [1.82, 2.24) is 0 Å². The van der Waals surface area contributed by atoms with E-state index in [-0.39, 0.29) is 12.4 Å². The molecule has 0 aliphatic heterocycles. The fourth-order valence-corrected chi connectivity index (χ4v) is 1.97. The Morgan fingerprint density at radius 3 is 1.60 bits per heavy atom. The monoisotopic (exact) mass is 344 g/mol. The van der Waals surface area contributed by atoms with Crippen LogP contribution < -0.4 is 11.5 Å². The van der Waals surface area contributed by atoms with Gasteiger partial charge in [-0.05, 0) is 48.2 Å². The summed E-state index contributed by atoms with van der Waals surface area (Å²) < 4.78 is 4.53. The minimum absolute atomic E-state index is 0.171. The summed E-state index contributed by atoms with van der Waals surface area (Å²) in [6.07, 6.45) is 1.85. The number of carboxylic acid groups (broad SMARTS) is 1. The van der Waals surface area contributed by atoms with Crippen molar-refractivity contribution >= 4 is 23.3 Å². The van der Waals surface area contributed by atoms with Crippen LogP contribution in [0.1, 0.15) is 24.0 Å². The van der Waals surface area contributed by atoms with Gasteiger partial charge in [-0.2, -0.15) is 0 Å². The number of methoxy groups -OCH3 is 1. The number of nitrogen functional groups attached to an aromatic ring is 2. The minimum atomic E-state index is -0.771. The second-order valence-electron chi connectivity index (χ2n) is 5.45. The molecule has 0 aliphatic carbocycles. The molecule has 0 heterocycles. The lowest BCUT2D eigenvalue weighted by molar-refractivity contribution is -0.140. The summed E-state index contributed by atoms with van der Waals surface area (Å²) in [6, 6.07) is 14.7. The molecule has 0 saturated heterocycles. The maximum atomic E-state index is 10.8. The van der Waals surface area contributed by atoms with Gasteiger partial charge in [-0.15, -0.1) is 0 Å². The zero-order chi connectivity index (χ0) is 18.7. The third kappa shape index (κ3) is 9.00. The SMILES string of the molecule is COC(=O)CCc1ccc(N)cc1.Nc1ccc(CCC(=O)O)cc1. The Balaban J connectivity index is 0.000000251. The molecular formula is C19H24N2O4. The predicted molar refractivity (Wildman–Crippen MR) is 98.0 cm³/mol. The van der Waals surface area contributed by atoms with Gasteiger partial charge in [0.05, 0.1) is 7.11 Å². The molecule has 25 heavy (non-hydrogen) atoms. The molecule has 2 aromatic carbocycles. The lowest BCUT2D eigenvalue weighted by Crippen LogP contribution is -2.01. The summed E-state index contributed by atoms with van der Waals surface area (Å²) in [5, 5.41) is 8.40. The van der Waals surface area contributed by atoms with Gasteiger partial charge in [0.25, 0.3) is 0 Å². The number of carbonyl (C=O) groups is 2. The van der Waals surface area contributed by atoms with Crippen LogP contribution >= 0.6 is 0 Å². The van der Waals surface area contributed by atoms with E-state index in [4.69, 9.17) is 16.6 Å². The maximum absolute atomic E-state index is 10.8. The summed E-state index contributed by atoms with van der Waals surface area (Å²) in [5.74, 6) is -0.955. The number of hydrogen-bond acceptors (Lipinski definition) is 5. The number of esters is 1. The van der Waals surface area contributed by atoms with E-state index in [1.807, 2.05) is 36.4 Å². The number of hydrogen-bond donors (Lipinski definition) is 3. The molecule has 0 spiro atoms. The Morgan fingerprint density at radius 1 is 0.840 bits per heavy atom. The zero-order valence-electron chi connectivity index (χ0n) is 14.3. The molecular weight excluding hydrogens is 320 g/mol. The molecule has 134 valence electrons. The van der Waals surface area contributed by atoms with E-state index in [9.17, 15) is 9.59 Å². The predicted octanol–water partition coefficient (Wildman–Crippen LogP) is 2.66. The Kier molecular flexibility index (Phi) is 8.57. The first-order valence-corrected chi connectivity index (χ1v) is 7.88. The van der Waals surface area contributed by atoms with Gasteiger partial charge in [-0.1, -0.05) is 24.3 Å². The smallest absolute Gasteiger partial charge is 0.305 e. The number of benzene rings is 2. The minimum Gasteiger partial charge on any atom is -0.481 e. The van der Waals surface area contributed by atoms with E-state index in [1.54, 1.807) is 12.1 Å². The Hall–Kier alpha value is -3.02. The van der Waals surface area contributed by atoms with Gasteiger partial charge in [0, 0.05) is 24.2 Å². The first kappa shape index (κ1) is 20.0. The van der Waals surface area contributed by atoms with Gasteiger partial charge in [-0.25, -0.2) is 0 Å². The van der Waals surface area contributed by atoms with Crippen molar-refractivity contribution in [3.63, 3.8) is 0 Å². The number of carboxylic acids is 1. The average molecular weight is 344 g/mol. The molecule has 0 bridgehead atoms. The quantitative estimate of drug-likeness (QED) is 0.548. The second kappa shape index (κ2) is 10.7. The first-order valence-electron chi connectivity index (χ1n) is 7.88. The van der Waals surface area contributed by atoms with Crippen molar-refractivity contribution in [3.8, 4) is 0 Å². The van der Waals surface area contributed by atoms with Gasteiger partial charge >= 0.3 is 11.9 Å². The van der Waals surface area contributed by atoms with E-state index in [0.717, 1.165) is 16.8 Å². The topological polar surface area (TPSA) is 116 Å². The van der Waals surface area contributed by atoms with Crippen LogP contribution in [0.4, 0.5) is 11.4 Å². The van der Waals surface area contributed by atoms with Gasteiger partial charge in [0.15, 0.2) is 0 Å². The van der Waals surface area contributed by atoms with Crippen LogP contribution in [0.3, 0.4) is 0 Å². The third-order valence-electron chi connectivity index (χ3n) is 3.43. The van der Waals surface area contributed by atoms with Gasteiger partial charge in [0.1, 0.15) is 0 Å². The molecule has 0 amide bonds. The molecule has 0 aliphatic rings. The van der Waals surface area contributed by atoms with Crippen LogP contribution in [0.5, 0.6) is 0 Å². The molecule has 6 nitrogen and oxygen atoms in total. The van der Waals surface area contributed by atoms with E-state index >= 15 is 0 Å². The zero-order valence-corrected chi connectivity index (χ0v) is 14.3. The van der Waals surface area contributed by atoms with Gasteiger partial charge in [0.2, 0.25) is 0 Å². The molecule has 0 unspecified atom stereocenters. The van der Waals surface area contributed by atoms with Crippen molar-refractivity contribution in [2.24, 2.45) is 0 Å². The number of anilines is 2. The van der Waals surface area contributed by atoms with Crippen LogP contribution in [0.2, 0.25) is 0 Å². The van der Waals surface area contributed by atoms with Crippen molar-refractivity contribution in [1.29, 1.82) is 0 Å². The summed E-state index contributed by atoms with van der Waals surface area (Å²) in [4.78, 5) is 21.0. The molecule has 0 aromatic heterocycles. The highest BCUT2D eigenvalue weighted by molar-refractivity contribution is 5.69. The Labute approximate surface area is 147 Å². The molecule has 0 saturated carbocycles. The molecule has 2 aromatic rings. The van der Waals surface area contributed by atoms with Crippen molar-refractivity contribution in [2.75, 3.05) is 18.6 Å². The summed E-state index contributed by atoms with van der Waals surface area (Å²) in [5.41, 5.74) is 14.5. The van der Waals surface area contributed by atoms with Crippen LogP contribution in [0.15, 0.2) is 48.5 Å². The van der Waals surface area contributed by atoms with Crippen LogP contribution in [0, 0.1) is 0 Å². The van der Waals surface area contributed by atoms with Crippen LogP contribution in [-0.2, 0) is 27.2 Å². The summed E-state index contributed by atoms with van der Waals surface area (Å²) >= 11 is 0. The van der Waals surface area contributed by atoms with Crippen LogP contribution in [-0.4, -0.2) is 24.2 Å². The standard InChI is InChI=1S/C10H13NO2.C9H11NO2/c1-13-10(12)7-4-8-2-5-9(11)6-3-8;10-8-4-1-7(2-5-8)3-6-9(11)12/h2-3,5-6H,4,7,11H2,1H3;1-2,4-5H,3,6,10H2,(H,11,12). The molecule has 0 atom stereocenters. The summed E-state index contributed by atoms with van der Waals surface area (Å²) in [6.45, 7) is 0. The average Bonchev–Trinajstić information content (AvgIpc) is 2.61. The highest BCUT2D eigenvalue weighted by Crippen LogP contribution is 2.08. The number of rotatable bonds is 6. The first-order chi connectivity index (χ1) is 11.9. The fourth-order valence-electron chi connectivity index (χ4n) is 1.97. The van der Waals surface area contributed by atoms with E-state index in [0.29, 0.717) is 24.9 Å². The normalized spacial score (nSPS) is 9.64. The molecule has 6 heteroatoms. The maximum Gasteiger partial charge on any atom is 0.305 e. The molecule has 5 N–H and O–H groups in total. The second-order valence-corrected chi connectivity index (χ2v) is 5.45. The van der Waals surface area contributed by atoms with Crippen LogP contribution in [0.25, 0.3) is 0 Å². The molecule has 0 fully saturated rings. The summed E-state index contributed by atoms with van der Waals surface area (Å²) in [7, 11) is 1.39. The lowest BCUT2D eigenvalue weighted by atomic mass is 10.1. The lowest BCUT2D eigenvalue weighted by Gasteiger charge is -2.00. The van der Waals surface area contributed by atoms with Crippen molar-refractivity contribution in [2.45, 2.75) is 25.7 Å². The van der Waals surface area contributed by atoms with Gasteiger partial charge < -0.3 is 21.3 Å². The van der Waals surface area contributed by atoms with E-state index in [2.05, 4.69) is 4.74 Å². The Bertz CT molecular complexity index is 667. The highest BCUT2D eigenvalue weighted by Gasteiger charge is 2.00. The van der Waals surface area contributed by atoms with E-state index < -0.39 is 5.97 Å². The van der Waals surface area contributed by atoms with Gasteiger partial charge in [-0.3, -0.25) is 9.59 Å². The van der Waals surface area contributed by atoms with E-state index in [1.165, 1.54) is 7.11 Å². The highest BCUT2D eigenvalue weighted by atomic mass is 16.5. The Morgan fingerprint density at radius 2 is 1.24 bits per heavy atom. The molecule has 2 rings (SSSR count). The number of aryl methyl sites for hydroxylation is 2. The third-order valence-corrected chi connectivity index (χ3v) is 3.43.